The summed E-state index contributed by atoms with van der Waals surface area (Å²) in [5.41, 5.74) is 3.32. The van der Waals surface area contributed by atoms with E-state index in [1.165, 1.54) is 25.0 Å². The number of ether oxygens (including phenoxy) is 2. The maximum Gasteiger partial charge on any atom is 0.737 e. The molecule has 0 saturated carbocycles. The molecule has 1 atom stereocenters. The summed E-state index contributed by atoms with van der Waals surface area (Å²) >= 11 is 0. The number of nitrogens with one attached hydrogen (secondary N) is 3. The van der Waals surface area contributed by atoms with E-state index in [2.05, 4.69) is 42.1 Å². The minimum Gasteiger partial charge on any atom is -0.748 e. The Bertz CT molecular complexity index is 2640. The first-order valence-electron chi connectivity index (χ1n) is 22.3. The monoisotopic (exact) mass is 993 g/mol. The molecule has 15 nitrogen and oxygen atoms in total. The molecule has 68 heavy (non-hydrogen) atoms. The zero-order chi connectivity index (χ0) is 49.1. The number of rotatable bonds is 25. The molecule has 0 aliphatic carbocycles. The number of benzene rings is 2. The topological polar surface area (TPSA) is 184 Å². The Morgan fingerprint density at radius 2 is 1.56 bits per heavy atom. The van der Waals surface area contributed by atoms with Gasteiger partial charge in [-0.25, -0.2) is 13.4 Å². The molecule has 2 aromatic heterocycles. The Labute approximate surface area is 404 Å². The third kappa shape index (κ3) is 14.1. The predicted octanol–water partition coefficient (Wildman–Crippen LogP) is 5.88. The second-order valence-electron chi connectivity index (χ2n) is 17.4. The van der Waals surface area contributed by atoms with Crippen LogP contribution in [-0.4, -0.2) is 134 Å². The summed E-state index contributed by atoms with van der Waals surface area (Å²) in [5, 5.41) is 8.67. The van der Waals surface area contributed by atoms with Gasteiger partial charge in [0.25, 0.3) is 0 Å². The van der Waals surface area contributed by atoms with Crippen molar-refractivity contribution >= 4 is 68.2 Å². The highest BCUT2D eigenvalue weighted by Gasteiger charge is 2.55. The number of aryl methyl sites for hydroxylation is 1. The van der Waals surface area contributed by atoms with Crippen LogP contribution in [0.1, 0.15) is 55.3 Å². The van der Waals surface area contributed by atoms with E-state index in [1.54, 1.807) is 77.7 Å². The van der Waals surface area contributed by atoms with Gasteiger partial charge in [0.1, 0.15) is 22.6 Å². The Morgan fingerprint density at radius 3 is 2.19 bits per heavy atom. The third-order valence-corrected chi connectivity index (χ3v) is 14.3. The van der Waals surface area contributed by atoms with E-state index in [9.17, 15) is 27.4 Å². The van der Waals surface area contributed by atoms with Crippen LogP contribution in [0.2, 0.25) is 0 Å². The standard InChI is InChI=1S/C47H58BF2N7O8S3/c1-57(2,3)27-10-11-35-29-40(33-14-19-37(64-4)20-15-33)55-42(35)31-43-36(30-41(56(43)48(55,49)50)34-16-21-38(65-5)22-17-34)18-23-45(59)54-39(32-68(61,62)63)47(60)53-25-8-6-12-44(58)51-26-28-66-67-46-13-7-9-24-52-46/h7,9,13-17,19-22,24,29-31,39H,6,8,10-12,18,23,25-28,32H2,1-5H3,(H3-,51,53,54,58,59,60,61,62,63). The first kappa shape index (κ1) is 51.9. The van der Waals surface area contributed by atoms with Crippen LogP contribution in [0.4, 0.5) is 8.63 Å². The maximum atomic E-state index is 17.7. The summed E-state index contributed by atoms with van der Waals surface area (Å²) in [5.74, 6) is -1.20. The van der Waals surface area contributed by atoms with Crippen molar-refractivity contribution in [1.82, 2.24) is 25.4 Å². The molecule has 0 spiro atoms. The lowest BCUT2D eigenvalue weighted by atomic mass is 9.87. The lowest BCUT2D eigenvalue weighted by Crippen LogP contribution is -2.51. The number of aromatic nitrogens is 2. The van der Waals surface area contributed by atoms with Crippen molar-refractivity contribution in [2.75, 3.05) is 66.5 Å². The number of amides is 3. The molecule has 0 saturated heterocycles. The number of fused-ring (bicyclic) bond motifs is 2. The molecule has 3 N–H and O–H groups in total. The van der Waals surface area contributed by atoms with Crippen LogP contribution in [0.15, 0.2) is 101 Å². The van der Waals surface area contributed by atoms with E-state index >= 15 is 8.63 Å². The van der Waals surface area contributed by atoms with Gasteiger partial charge in [-0.2, -0.15) is 0 Å². The average Bonchev–Trinajstić information content (AvgIpc) is 3.87. The zero-order valence-electron chi connectivity index (χ0n) is 38.8. The average molecular weight is 994 g/mol. The normalized spacial score (nSPS) is 14.6. The van der Waals surface area contributed by atoms with E-state index in [-0.39, 0.29) is 43.1 Å². The predicted molar refractivity (Wildman–Crippen MR) is 263 cm³/mol. The molecular formula is C47H58BF2N7O8S3. The second kappa shape index (κ2) is 23.2. The van der Waals surface area contributed by atoms with Gasteiger partial charge in [0.15, 0.2) is 11.4 Å². The van der Waals surface area contributed by atoms with Crippen LogP contribution in [0.3, 0.4) is 0 Å². The fraction of sp³-hybridized carbons (Fsp3) is 0.383. The minimum atomic E-state index is -4.98. The minimum absolute atomic E-state index is 0.0595. The zero-order valence-corrected chi connectivity index (χ0v) is 41.3. The van der Waals surface area contributed by atoms with Crippen molar-refractivity contribution in [3.63, 3.8) is 0 Å². The van der Waals surface area contributed by atoms with Gasteiger partial charge in [-0.1, -0.05) is 16.9 Å². The fourth-order valence-corrected chi connectivity index (χ4v) is 10.4. The molecule has 1 unspecified atom stereocenters. The van der Waals surface area contributed by atoms with E-state index < -0.39 is 40.7 Å². The molecule has 4 heterocycles. The van der Waals surface area contributed by atoms with Crippen LogP contribution in [0.25, 0.3) is 17.3 Å². The first-order chi connectivity index (χ1) is 32.4. The highest BCUT2D eigenvalue weighted by atomic mass is 33.1. The maximum absolute atomic E-state index is 17.7. The molecule has 0 radical (unpaired) electrons. The molecule has 0 bridgehead atoms. The highest BCUT2D eigenvalue weighted by Crippen LogP contribution is 2.42. The molecule has 2 aliphatic rings. The number of hydrogen-bond donors (Lipinski definition) is 3. The summed E-state index contributed by atoms with van der Waals surface area (Å²) < 4.78 is 84.7. The fourth-order valence-electron chi connectivity index (χ4n) is 8.00. The van der Waals surface area contributed by atoms with Gasteiger partial charge in [0, 0.05) is 79.0 Å². The number of carbonyl (C=O) groups excluding carboxylic acids is 3. The highest BCUT2D eigenvalue weighted by molar-refractivity contribution is 8.76. The van der Waals surface area contributed by atoms with Gasteiger partial charge in [-0.05, 0) is 114 Å². The van der Waals surface area contributed by atoms with Crippen LogP contribution < -0.4 is 25.4 Å². The van der Waals surface area contributed by atoms with Crippen LogP contribution in [-0.2, 0) is 30.9 Å². The Balaban J connectivity index is 1.16. The summed E-state index contributed by atoms with van der Waals surface area (Å²) in [6.45, 7) is -3.23. The number of halogens is 2. The van der Waals surface area contributed by atoms with Gasteiger partial charge < -0.3 is 52.1 Å². The number of methoxy groups -OCH3 is 2. The van der Waals surface area contributed by atoms with Crippen LogP contribution in [0, 0.1) is 0 Å². The van der Waals surface area contributed by atoms with Crippen LogP contribution in [0.5, 0.6) is 11.5 Å². The molecule has 2 aliphatic heterocycles. The third-order valence-electron chi connectivity index (χ3n) is 11.3. The smallest absolute Gasteiger partial charge is 0.737 e. The molecule has 0 fully saturated rings. The van der Waals surface area contributed by atoms with E-state index in [0.29, 0.717) is 75.6 Å². The summed E-state index contributed by atoms with van der Waals surface area (Å²) in [6.07, 6.45) is 6.94. The van der Waals surface area contributed by atoms with Gasteiger partial charge >= 0.3 is 6.97 Å². The van der Waals surface area contributed by atoms with Crippen molar-refractivity contribution in [1.29, 1.82) is 0 Å². The lowest BCUT2D eigenvalue weighted by Gasteiger charge is -2.32. The number of carbonyl (C=O) groups is 3. The number of pyridine rings is 1. The second-order valence-corrected chi connectivity index (χ2v) is 21.3. The van der Waals surface area contributed by atoms with Crippen molar-refractivity contribution in [2.24, 2.45) is 0 Å². The molecule has 364 valence electrons. The van der Waals surface area contributed by atoms with Crippen LogP contribution >= 0.6 is 21.6 Å². The van der Waals surface area contributed by atoms with E-state index in [1.807, 2.05) is 24.3 Å². The number of hydrogen-bond acceptors (Lipinski definition) is 11. The molecule has 3 amide bonds. The number of nitrogens with zero attached hydrogens (tertiary/aromatic N) is 4. The van der Waals surface area contributed by atoms with Gasteiger partial charge in [0.05, 0.1) is 57.8 Å². The van der Waals surface area contributed by atoms with Gasteiger partial charge in [-0.3, -0.25) is 14.4 Å². The first-order valence-corrected chi connectivity index (χ1v) is 26.2. The Hall–Kier alpha value is -5.48. The number of quaternary nitrogens is 1. The van der Waals surface area contributed by atoms with Crippen molar-refractivity contribution in [3.05, 3.63) is 113 Å². The molecule has 2 aromatic carbocycles. The van der Waals surface area contributed by atoms with Gasteiger partial charge in [-0.15, -0.1) is 0 Å². The van der Waals surface area contributed by atoms with E-state index in [4.69, 9.17) is 9.47 Å². The Kier molecular flexibility index (Phi) is 17.7. The summed E-state index contributed by atoms with van der Waals surface area (Å²) in [6, 6.07) is 19.4. The number of allylic oxidation sites excluding steroid dienone is 2. The largest absolute Gasteiger partial charge is 0.748 e. The lowest BCUT2D eigenvalue weighted by molar-refractivity contribution is -0.870. The Morgan fingerprint density at radius 1 is 0.868 bits per heavy atom. The molecule has 6 rings (SSSR count). The summed E-state index contributed by atoms with van der Waals surface area (Å²) in [4.78, 5) is 43.3. The quantitative estimate of drug-likeness (QED) is 0.0237. The van der Waals surface area contributed by atoms with Gasteiger partial charge in [0.2, 0.25) is 17.7 Å². The molecule has 21 heteroatoms. The van der Waals surface area contributed by atoms with E-state index in [0.717, 1.165) is 32.5 Å². The molecular weight excluding hydrogens is 936 g/mol. The number of unbranched alkanes of at least 4 members (excludes halogenated alkanes) is 1. The molecule has 4 aromatic rings. The van der Waals surface area contributed by atoms with Crippen molar-refractivity contribution in [2.45, 2.75) is 56.0 Å². The SMILES string of the molecule is COc1ccc(C2=[N+]3C(=Cc4c(CCC[N+](C)(C)C)cc(-c5ccc(OC)cc5)n4[B-]3(F)F)C(CCC(=O)NC(CS(=O)(=O)[O-])C(=O)NCCCCC(=O)NCCSSc3ccccn3)=C2)cc1. The van der Waals surface area contributed by atoms with Crippen molar-refractivity contribution < 1.29 is 54.4 Å². The summed E-state index contributed by atoms with van der Waals surface area (Å²) in [7, 11) is 7.37. The van der Waals surface area contributed by atoms with Crippen molar-refractivity contribution in [3.8, 4) is 22.8 Å².